The van der Waals surface area contributed by atoms with E-state index in [9.17, 15) is 4.79 Å². The van der Waals surface area contributed by atoms with Gasteiger partial charge in [0.25, 0.3) is 0 Å². The van der Waals surface area contributed by atoms with Crippen molar-refractivity contribution < 1.29 is 14.6 Å². The summed E-state index contributed by atoms with van der Waals surface area (Å²) in [6.45, 7) is 0.160. The predicted molar refractivity (Wildman–Crippen MR) is 88.0 cm³/mol. The van der Waals surface area contributed by atoms with Crippen molar-refractivity contribution in [1.29, 1.82) is 0 Å². The van der Waals surface area contributed by atoms with Crippen molar-refractivity contribution in [3.8, 4) is 17.1 Å². The van der Waals surface area contributed by atoms with Gasteiger partial charge in [-0.15, -0.1) is 0 Å². The zero-order valence-electron chi connectivity index (χ0n) is 12.4. The molecule has 7 heteroatoms. The first-order valence-corrected chi connectivity index (χ1v) is 7.39. The number of carbonyl (C=O) groups is 1. The van der Waals surface area contributed by atoms with E-state index in [1.54, 1.807) is 36.5 Å². The van der Waals surface area contributed by atoms with Crippen LogP contribution in [0.25, 0.3) is 11.4 Å². The molecule has 0 fully saturated rings. The maximum absolute atomic E-state index is 11.0. The number of pyridine rings is 1. The minimum atomic E-state index is -1.02. The Balaban J connectivity index is 1.79. The number of carboxylic acid groups (broad SMARTS) is 1. The molecular weight excluding hydrogens is 330 g/mol. The first-order chi connectivity index (χ1) is 11.6. The van der Waals surface area contributed by atoms with E-state index in [0.717, 1.165) is 0 Å². The Labute approximate surface area is 142 Å². The second-order valence-corrected chi connectivity index (χ2v) is 5.28. The molecule has 3 rings (SSSR count). The third-order valence-corrected chi connectivity index (χ3v) is 3.37. The Kier molecular flexibility index (Phi) is 4.67. The lowest BCUT2D eigenvalue weighted by Crippen LogP contribution is -2.03. The van der Waals surface area contributed by atoms with Crippen LogP contribution in [0.2, 0.25) is 5.02 Å². The van der Waals surface area contributed by atoms with Gasteiger partial charge in [0.1, 0.15) is 12.4 Å². The van der Waals surface area contributed by atoms with Gasteiger partial charge in [-0.1, -0.05) is 17.7 Å². The quantitative estimate of drug-likeness (QED) is 0.764. The topological polar surface area (TPSA) is 85.2 Å². The van der Waals surface area contributed by atoms with Gasteiger partial charge in [0.2, 0.25) is 0 Å². The third kappa shape index (κ3) is 3.85. The molecule has 6 nitrogen and oxygen atoms in total. The number of benzene rings is 1. The Bertz CT molecular complexity index is 886. The highest BCUT2D eigenvalue weighted by atomic mass is 35.5. The molecule has 0 aliphatic rings. The molecule has 0 saturated heterocycles. The smallest absolute Gasteiger partial charge is 0.335 e. The van der Waals surface area contributed by atoms with Crippen LogP contribution in [0.4, 0.5) is 0 Å². The molecule has 0 atom stereocenters. The monoisotopic (exact) mass is 341 g/mol. The van der Waals surface area contributed by atoms with Crippen LogP contribution in [-0.2, 0) is 6.61 Å². The zero-order valence-corrected chi connectivity index (χ0v) is 13.1. The van der Waals surface area contributed by atoms with Crippen molar-refractivity contribution in [2.24, 2.45) is 0 Å². The molecule has 0 amide bonds. The second kappa shape index (κ2) is 7.06. The molecule has 24 heavy (non-hydrogen) atoms. The Morgan fingerprint density at radius 1 is 1.08 bits per heavy atom. The van der Waals surface area contributed by atoms with E-state index in [4.69, 9.17) is 21.4 Å². The summed E-state index contributed by atoms with van der Waals surface area (Å²) in [5.74, 6) is 0.0507. The molecule has 2 aromatic heterocycles. The minimum absolute atomic E-state index is 0.148. The fourth-order valence-electron chi connectivity index (χ4n) is 2.02. The van der Waals surface area contributed by atoms with Crippen LogP contribution in [0.3, 0.4) is 0 Å². The van der Waals surface area contributed by atoms with Gasteiger partial charge in [0, 0.05) is 17.4 Å². The van der Waals surface area contributed by atoms with Gasteiger partial charge in [-0.2, -0.15) is 0 Å². The zero-order chi connectivity index (χ0) is 16.9. The number of hydrogen-bond donors (Lipinski definition) is 1. The van der Waals surface area contributed by atoms with Crippen LogP contribution in [0.1, 0.15) is 16.2 Å². The van der Waals surface area contributed by atoms with Gasteiger partial charge in [0.05, 0.1) is 17.0 Å². The van der Waals surface area contributed by atoms with Gasteiger partial charge in [0.15, 0.2) is 5.82 Å². The number of halogens is 1. The van der Waals surface area contributed by atoms with Gasteiger partial charge in [-0.3, -0.25) is 4.98 Å². The molecule has 0 radical (unpaired) electrons. The average Bonchev–Trinajstić information content (AvgIpc) is 2.60. The molecule has 0 saturated carbocycles. The molecule has 0 spiro atoms. The maximum atomic E-state index is 11.0. The summed E-state index contributed by atoms with van der Waals surface area (Å²) in [6, 6.07) is 11.6. The fraction of sp³-hybridized carbons (Fsp3) is 0.0588. The standard InChI is InChI=1S/C17H12ClN3O3/c18-12-2-1-3-13(9-12)24-10-16-20-7-5-14(21-16)15-8-11(17(22)23)4-6-19-15/h1-9H,10H2,(H,22,23). The third-order valence-electron chi connectivity index (χ3n) is 3.14. The Morgan fingerprint density at radius 3 is 2.71 bits per heavy atom. The molecule has 1 N–H and O–H groups in total. The first kappa shape index (κ1) is 15.9. The molecule has 1 aromatic carbocycles. The van der Waals surface area contributed by atoms with Crippen LogP contribution in [0.5, 0.6) is 5.75 Å². The SMILES string of the molecule is O=C(O)c1ccnc(-c2ccnc(COc3cccc(Cl)c3)n2)c1. The lowest BCUT2D eigenvalue weighted by molar-refractivity contribution is 0.0697. The number of aromatic nitrogens is 3. The van der Waals surface area contributed by atoms with Crippen molar-refractivity contribution in [3.63, 3.8) is 0 Å². The molecule has 0 bridgehead atoms. The normalized spacial score (nSPS) is 10.4. The number of hydrogen-bond acceptors (Lipinski definition) is 5. The van der Waals surface area contributed by atoms with Crippen molar-refractivity contribution in [2.75, 3.05) is 0 Å². The number of carboxylic acids is 1. The first-order valence-electron chi connectivity index (χ1n) is 7.02. The molecule has 120 valence electrons. The summed E-state index contributed by atoms with van der Waals surface area (Å²) in [5.41, 5.74) is 1.13. The van der Waals surface area contributed by atoms with Gasteiger partial charge < -0.3 is 9.84 Å². The summed E-state index contributed by atoms with van der Waals surface area (Å²) in [4.78, 5) is 23.7. The number of rotatable bonds is 5. The van der Waals surface area contributed by atoms with E-state index in [1.807, 2.05) is 0 Å². The van der Waals surface area contributed by atoms with Crippen molar-refractivity contribution in [3.05, 3.63) is 71.3 Å². The summed E-state index contributed by atoms with van der Waals surface area (Å²) in [7, 11) is 0. The Morgan fingerprint density at radius 2 is 1.92 bits per heavy atom. The minimum Gasteiger partial charge on any atom is -0.486 e. The molecule has 0 unspecified atom stereocenters. The van der Waals surface area contributed by atoms with Crippen LogP contribution in [-0.4, -0.2) is 26.0 Å². The van der Waals surface area contributed by atoms with Crippen molar-refractivity contribution >= 4 is 17.6 Å². The molecule has 0 aliphatic heterocycles. The van der Waals surface area contributed by atoms with Gasteiger partial charge in [-0.05, 0) is 36.4 Å². The summed E-state index contributed by atoms with van der Waals surface area (Å²) in [6.07, 6.45) is 3.01. The van der Waals surface area contributed by atoms with Crippen molar-refractivity contribution in [1.82, 2.24) is 15.0 Å². The van der Waals surface area contributed by atoms with E-state index in [1.165, 1.54) is 18.3 Å². The second-order valence-electron chi connectivity index (χ2n) is 4.84. The number of ether oxygens (including phenoxy) is 1. The van der Waals surface area contributed by atoms with E-state index >= 15 is 0 Å². The average molecular weight is 342 g/mol. The highest BCUT2D eigenvalue weighted by molar-refractivity contribution is 6.30. The lowest BCUT2D eigenvalue weighted by Gasteiger charge is -2.07. The van der Waals surface area contributed by atoms with E-state index in [2.05, 4.69) is 15.0 Å². The van der Waals surface area contributed by atoms with Crippen LogP contribution in [0, 0.1) is 0 Å². The molecule has 2 heterocycles. The maximum Gasteiger partial charge on any atom is 0.335 e. The largest absolute Gasteiger partial charge is 0.486 e. The van der Waals surface area contributed by atoms with Gasteiger partial charge >= 0.3 is 5.97 Å². The summed E-state index contributed by atoms with van der Waals surface area (Å²) < 4.78 is 5.60. The van der Waals surface area contributed by atoms with Crippen molar-refractivity contribution in [2.45, 2.75) is 6.61 Å². The molecule has 3 aromatic rings. The number of aromatic carboxylic acids is 1. The fourth-order valence-corrected chi connectivity index (χ4v) is 2.20. The van der Waals surface area contributed by atoms with Crippen LogP contribution in [0.15, 0.2) is 54.9 Å². The van der Waals surface area contributed by atoms with Crippen LogP contribution < -0.4 is 4.74 Å². The highest BCUT2D eigenvalue weighted by Gasteiger charge is 2.08. The summed E-state index contributed by atoms with van der Waals surface area (Å²) in [5, 5.41) is 9.63. The Hall–Kier alpha value is -2.99. The predicted octanol–water partition coefficient (Wildman–Crippen LogP) is 3.47. The van der Waals surface area contributed by atoms with Crippen LogP contribution >= 0.6 is 11.6 Å². The molecule has 0 aliphatic carbocycles. The summed E-state index contributed by atoms with van der Waals surface area (Å²) >= 11 is 5.90. The van der Waals surface area contributed by atoms with E-state index < -0.39 is 5.97 Å². The lowest BCUT2D eigenvalue weighted by atomic mass is 10.2. The van der Waals surface area contributed by atoms with E-state index in [0.29, 0.717) is 28.0 Å². The van der Waals surface area contributed by atoms with E-state index in [-0.39, 0.29) is 12.2 Å². The highest BCUT2D eigenvalue weighted by Crippen LogP contribution is 2.19. The number of nitrogens with zero attached hydrogens (tertiary/aromatic N) is 3. The van der Waals surface area contributed by atoms with Gasteiger partial charge in [-0.25, -0.2) is 14.8 Å². The molecular formula is C17H12ClN3O3.